The molecular formula is C7H5LiS3. The molecule has 0 radical (unpaired) electrons. The van der Waals surface area contributed by atoms with Crippen molar-refractivity contribution in [1.82, 2.24) is 0 Å². The van der Waals surface area contributed by atoms with E-state index in [4.69, 9.17) is 24.8 Å². The Balaban J connectivity index is 0.000001000. The van der Waals surface area contributed by atoms with Gasteiger partial charge in [-0.1, -0.05) is 21.7 Å². The van der Waals surface area contributed by atoms with Gasteiger partial charge in [0.15, 0.2) is 0 Å². The third kappa shape index (κ3) is 4.84. The molecule has 0 unspecified atom stereocenters. The Morgan fingerprint density at radius 1 is 1.27 bits per heavy atom. The van der Waals surface area contributed by atoms with Gasteiger partial charge in [-0.15, -0.1) is 11.8 Å². The largest absolute Gasteiger partial charge is 1.00 e. The van der Waals surface area contributed by atoms with Crippen LogP contribution < -0.4 is 18.9 Å². The van der Waals surface area contributed by atoms with Gasteiger partial charge in [0.25, 0.3) is 0 Å². The zero-order valence-corrected chi connectivity index (χ0v) is 8.56. The third-order valence-corrected chi connectivity index (χ3v) is 2.12. The molecule has 52 valence electrons. The number of hydrogen-bond acceptors (Lipinski definition) is 3. The summed E-state index contributed by atoms with van der Waals surface area (Å²) in [6.45, 7) is 0. The van der Waals surface area contributed by atoms with Gasteiger partial charge < -0.3 is 24.8 Å². The Morgan fingerprint density at radius 2 is 1.82 bits per heavy atom. The maximum absolute atomic E-state index is 4.76. The van der Waals surface area contributed by atoms with Crippen molar-refractivity contribution in [3.8, 4) is 0 Å². The van der Waals surface area contributed by atoms with E-state index in [1.54, 1.807) is 0 Å². The van der Waals surface area contributed by atoms with E-state index in [0.717, 1.165) is 4.90 Å². The first-order valence-corrected chi connectivity index (χ1v) is 4.36. The molecule has 0 aliphatic rings. The molecule has 0 heterocycles. The molecule has 0 saturated heterocycles. The molecule has 0 spiro atoms. The predicted octanol–water partition coefficient (Wildman–Crippen LogP) is -0.386. The Hall–Kier alpha value is 0.477. The minimum absolute atomic E-state index is 0. The summed E-state index contributed by atoms with van der Waals surface area (Å²) >= 11 is 11.0. The molecule has 1 aromatic carbocycles. The first-order chi connectivity index (χ1) is 4.79. The van der Waals surface area contributed by atoms with Crippen molar-refractivity contribution in [3.63, 3.8) is 0 Å². The van der Waals surface area contributed by atoms with Crippen molar-refractivity contribution < 1.29 is 18.9 Å². The van der Waals surface area contributed by atoms with E-state index in [0.29, 0.717) is 3.53 Å². The summed E-state index contributed by atoms with van der Waals surface area (Å²) in [7, 11) is 0. The van der Waals surface area contributed by atoms with Gasteiger partial charge >= 0.3 is 18.9 Å². The minimum atomic E-state index is 0. The number of hydrogen-bond donors (Lipinski definition) is 0. The van der Waals surface area contributed by atoms with Crippen LogP contribution in [0.2, 0.25) is 0 Å². The third-order valence-electron chi connectivity index (χ3n) is 0.944. The fourth-order valence-electron chi connectivity index (χ4n) is 0.585. The molecule has 0 aliphatic heterocycles. The molecule has 0 nitrogen and oxygen atoms in total. The molecule has 1 rings (SSSR count). The number of rotatable bonds is 1. The normalized spacial score (nSPS) is 8.36. The Morgan fingerprint density at radius 3 is 2.27 bits per heavy atom. The zero-order chi connectivity index (χ0) is 7.40. The summed E-state index contributed by atoms with van der Waals surface area (Å²) in [5.74, 6) is 0. The second-order valence-electron chi connectivity index (χ2n) is 1.67. The summed E-state index contributed by atoms with van der Waals surface area (Å²) in [6.07, 6.45) is 0. The summed E-state index contributed by atoms with van der Waals surface area (Å²) in [6, 6.07) is 9.88. The van der Waals surface area contributed by atoms with Crippen molar-refractivity contribution in [1.29, 1.82) is 0 Å². The predicted molar refractivity (Wildman–Crippen MR) is 52.3 cm³/mol. The standard InChI is InChI=1S/C7H6S3.Li/c8-7(9)10-6-4-2-1-3-5-6;/h1-5H,(H,8,9);/q;+1/p-1. The van der Waals surface area contributed by atoms with Crippen LogP contribution in [0.5, 0.6) is 0 Å². The second-order valence-corrected chi connectivity index (χ2v) is 4.34. The quantitative estimate of drug-likeness (QED) is 0.257. The zero-order valence-electron chi connectivity index (χ0n) is 6.11. The molecule has 0 atom stereocenters. The van der Waals surface area contributed by atoms with Gasteiger partial charge in [-0.05, 0) is 12.1 Å². The molecule has 1 aromatic rings. The van der Waals surface area contributed by atoms with Gasteiger partial charge in [0, 0.05) is 4.90 Å². The van der Waals surface area contributed by atoms with E-state index in [2.05, 4.69) is 0 Å². The smallest absolute Gasteiger partial charge is 0.422 e. The van der Waals surface area contributed by atoms with Crippen LogP contribution in [0.25, 0.3) is 0 Å². The molecule has 0 fully saturated rings. The maximum Gasteiger partial charge on any atom is 1.00 e. The first-order valence-electron chi connectivity index (χ1n) is 2.73. The maximum atomic E-state index is 4.76. The van der Waals surface area contributed by atoms with Crippen LogP contribution in [0.1, 0.15) is 0 Å². The van der Waals surface area contributed by atoms with Gasteiger partial charge in [0.1, 0.15) is 0 Å². The molecule has 0 amide bonds. The fourth-order valence-corrected chi connectivity index (χ4v) is 1.65. The summed E-state index contributed by atoms with van der Waals surface area (Å²) in [5.41, 5.74) is 0. The van der Waals surface area contributed by atoms with Gasteiger partial charge in [0.05, 0.1) is 0 Å². The Bertz CT molecular complexity index is 222. The summed E-state index contributed by atoms with van der Waals surface area (Å²) in [4.78, 5) is 1.11. The average molecular weight is 192 g/mol. The molecule has 11 heavy (non-hydrogen) atoms. The van der Waals surface area contributed by atoms with E-state index < -0.39 is 0 Å². The molecule has 4 heteroatoms. The van der Waals surface area contributed by atoms with E-state index in [1.807, 2.05) is 30.3 Å². The van der Waals surface area contributed by atoms with Crippen molar-refractivity contribution in [3.05, 3.63) is 30.3 Å². The van der Waals surface area contributed by atoms with Crippen molar-refractivity contribution in [2.45, 2.75) is 4.90 Å². The monoisotopic (exact) mass is 192 g/mol. The Labute approximate surface area is 93.7 Å². The molecule has 0 saturated carbocycles. The SMILES string of the molecule is S=C([S-])Sc1ccccc1.[Li+]. The van der Waals surface area contributed by atoms with Gasteiger partial charge in [0.2, 0.25) is 0 Å². The minimum Gasteiger partial charge on any atom is -0.422 e. The first kappa shape index (κ1) is 11.5. The molecule has 0 aliphatic carbocycles. The average Bonchev–Trinajstić information content (AvgIpc) is 1.88. The number of benzene rings is 1. The van der Waals surface area contributed by atoms with E-state index >= 15 is 0 Å². The number of thiocarbonyl (C=S) groups is 1. The van der Waals surface area contributed by atoms with Crippen LogP contribution in [-0.2, 0) is 12.6 Å². The van der Waals surface area contributed by atoms with Crippen molar-refractivity contribution in [2.75, 3.05) is 0 Å². The molecule has 0 bridgehead atoms. The van der Waals surface area contributed by atoms with E-state index in [-0.39, 0.29) is 18.9 Å². The van der Waals surface area contributed by atoms with Crippen LogP contribution in [0.15, 0.2) is 35.2 Å². The molecule has 0 aromatic heterocycles. The van der Waals surface area contributed by atoms with E-state index in [9.17, 15) is 0 Å². The van der Waals surface area contributed by atoms with Gasteiger partial charge in [-0.3, -0.25) is 0 Å². The number of thioether (sulfide) groups is 1. The van der Waals surface area contributed by atoms with Crippen LogP contribution in [0.4, 0.5) is 0 Å². The van der Waals surface area contributed by atoms with Gasteiger partial charge in [-0.2, -0.15) is 0 Å². The molecule has 0 N–H and O–H groups in total. The topological polar surface area (TPSA) is 0 Å². The van der Waals surface area contributed by atoms with Crippen LogP contribution >= 0.6 is 24.0 Å². The van der Waals surface area contributed by atoms with Crippen molar-refractivity contribution in [2.24, 2.45) is 0 Å². The fraction of sp³-hybridized carbons (Fsp3) is 0. The van der Waals surface area contributed by atoms with Gasteiger partial charge in [-0.25, -0.2) is 0 Å². The second kappa shape index (κ2) is 6.04. The summed E-state index contributed by atoms with van der Waals surface area (Å²) in [5, 5.41) is 0. The van der Waals surface area contributed by atoms with Crippen LogP contribution in [0.3, 0.4) is 0 Å². The van der Waals surface area contributed by atoms with E-state index in [1.165, 1.54) is 11.8 Å². The molecular weight excluding hydrogens is 187 g/mol. The van der Waals surface area contributed by atoms with Crippen molar-refractivity contribution >= 4 is 40.1 Å². The Kier molecular flexibility index (Phi) is 6.31. The summed E-state index contributed by atoms with van der Waals surface area (Å²) < 4.78 is 0.547. The van der Waals surface area contributed by atoms with Crippen LogP contribution in [0, 0.1) is 0 Å². The van der Waals surface area contributed by atoms with Crippen LogP contribution in [-0.4, -0.2) is 3.53 Å².